The van der Waals surface area contributed by atoms with Crippen molar-refractivity contribution in [1.29, 1.82) is 0 Å². The van der Waals surface area contributed by atoms with Crippen LogP contribution in [0, 0.1) is 6.92 Å². The predicted octanol–water partition coefficient (Wildman–Crippen LogP) is 4.18. The lowest BCUT2D eigenvalue weighted by Crippen LogP contribution is -2.07. The molecule has 0 atom stereocenters. The van der Waals surface area contributed by atoms with Crippen molar-refractivity contribution in [2.45, 2.75) is 27.2 Å². The van der Waals surface area contributed by atoms with Gasteiger partial charge in [0.05, 0.1) is 0 Å². The van der Waals surface area contributed by atoms with Crippen molar-refractivity contribution >= 4 is 28.9 Å². The van der Waals surface area contributed by atoms with Crippen LogP contribution in [0.15, 0.2) is 24.5 Å². The number of aryl methyl sites for hydroxylation is 1. The summed E-state index contributed by atoms with van der Waals surface area (Å²) < 4.78 is 0. The average molecular weight is 291 g/mol. The maximum absolute atomic E-state index is 6.15. The third-order valence-corrected chi connectivity index (χ3v) is 3.48. The molecule has 0 saturated heterocycles. The fourth-order valence-electron chi connectivity index (χ4n) is 1.98. The van der Waals surface area contributed by atoms with Crippen molar-refractivity contribution in [2.75, 3.05) is 17.2 Å². The van der Waals surface area contributed by atoms with Crippen LogP contribution in [0.1, 0.15) is 25.0 Å². The number of hydrogen-bond donors (Lipinski definition) is 2. The first kappa shape index (κ1) is 14.6. The van der Waals surface area contributed by atoms with Crippen molar-refractivity contribution in [3.63, 3.8) is 0 Å². The van der Waals surface area contributed by atoms with Crippen LogP contribution in [0.2, 0.25) is 5.02 Å². The summed E-state index contributed by atoms with van der Waals surface area (Å²) in [5.41, 5.74) is 3.06. The summed E-state index contributed by atoms with van der Waals surface area (Å²) >= 11 is 6.15. The topological polar surface area (TPSA) is 49.8 Å². The Morgan fingerprint density at radius 2 is 1.90 bits per heavy atom. The molecule has 0 aliphatic rings. The Hall–Kier alpha value is -1.81. The Bertz CT molecular complexity index is 598. The van der Waals surface area contributed by atoms with Gasteiger partial charge in [0.2, 0.25) is 0 Å². The summed E-state index contributed by atoms with van der Waals surface area (Å²) in [5, 5.41) is 7.32. The summed E-state index contributed by atoms with van der Waals surface area (Å²) in [6.45, 7) is 6.96. The molecule has 1 aromatic heterocycles. The van der Waals surface area contributed by atoms with E-state index in [1.807, 2.05) is 32.0 Å². The minimum atomic E-state index is 0.744. The molecule has 2 N–H and O–H groups in total. The molecule has 0 aliphatic carbocycles. The number of aromatic nitrogens is 2. The Morgan fingerprint density at radius 3 is 2.55 bits per heavy atom. The van der Waals surface area contributed by atoms with Gasteiger partial charge in [-0.25, -0.2) is 9.97 Å². The van der Waals surface area contributed by atoms with E-state index >= 15 is 0 Å². The summed E-state index contributed by atoms with van der Waals surface area (Å²) in [4.78, 5) is 8.62. The number of hydrogen-bond acceptors (Lipinski definition) is 4. The highest BCUT2D eigenvalue weighted by Crippen LogP contribution is 2.26. The molecule has 106 valence electrons. The second-order valence-corrected chi connectivity index (χ2v) is 4.93. The maximum atomic E-state index is 6.15. The van der Waals surface area contributed by atoms with E-state index < -0.39 is 0 Å². The molecule has 1 aromatic carbocycles. The van der Waals surface area contributed by atoms with Gasteiger partial charge in [-0.1, -0.05) is 24.6 Å². The van der Waals surface area contributed by atoms with Crippen LogP contribution in [0.25, 0.3) is 0 Å². The minimum absolute atomic E-state index is 0.744. The molecule has 0 aliphatic heterocycles. The Balaban J connectivity index is 2.32. The van der Waals surface area contributed by atoms with E-state index in [0.717, 1.165) is 46.4 Å². The number of rotatable bonds is 5. The molecule has 1 heterocycles. The van der Waals surface area contributed by atoms with Crippen LogP contribution >= 0.6 is 11.6 Å². The maximum Gasteiger partial charge on any atom is 0.139 e. The molecule has 0 unspecified atom stereocenters. The molecule has 0 radical (unpaired) electrons. The van der Waals surface area contributed by atoms with Gasteiger partial charge in [-0.05, 0) is 38.0 Å². The van der Waals surface area contributed by atoms with Gasteiger partial charge < -0.3 is 10.6 Å². The zero-order chi connectivity index (χ0) is 14.5. The lowest BCUT2D eigenvalue weighted by molar-refractivity contribution is 1.03. The van der Waals surface area contributed by atoms with Gasteiger partial charge in [-0.2, -0.15) is 0 Å². The van der Waals surface area contributed by atoms with Gasteiger partial charge in [0.15, 0.2) is 0 Å². The van der Waals surface area contributed by atoms with Crippen LogP contribution in [0.4, 0.5) is 17.3 Å². The molecule has 0 bridgehead atoms. The van der Waals surface area contributed by atoms with Gasteiger partial charge in [0.25, 0.3) is 0 Å². The average Bonchev–Trinajstić information content (AvgIpc) is 2.44. The largest absolute Gasteiger partial charge is 0.370 e. The standard InChI is InChI=1S/C15H19ClN4/c1-4-12-14(17-5-2)18-9-19-15(12)20-11-7-6-10(3)13(16)8-11/h6-9H,4-5H2,1-3H3,(H2,17,18,19,20). The number of nitrogens with one attached hydrogen (secondary N) is 2. The highest BCUT2D eigenvalue weighted by molar-refractivity contribution is 6.31. The van der Waals surface area contributed by atoms with Gasteiger partial charge in [0, 0.05) is 22.8 Å². The van der Waals surface area contributed by atoms with E-state index in [1.54, 1.807) is 6.33 Å². The highest BCUT2D eigenvalue weighted by atomic mass is 35.5. The summed E-state index contributed by atoms with van der Waals surface area (Å²) in [5.74, 6) is 1.70. The number of benzene rings is 1. The van der Waals surface area contributed by atoms with Crippen LogP contribution in [0.5, 0.6) is 0 Å². The summed E-state index contributed by atoms with van der Waals surface area (Å²) in [6, 6.07) is 5.89. The first-order valence-electron chi connectivity index (χ1n) is 6.76. The number of halogens is 1. The third-order valence-electron chi connectivity index (χ3n) is 3.08. The Morgan fingerprint density at radius 1 is 1.15 bits per heavy atom. The zero-order valence-corrected chi connectivity index (χ0v) is 12.8. The fourth-order valence-corrected chi connectivity index (χ4v) is 2.16. The fraction of sp³-hybridized carbons (Fsp3) is 0.333. The summed E-state index contributed by atoms with van der Waals surface area (Å²) in [6.07, 6.45) is 2.42. The van der Waals surface area contributed by atoms with Gasteiger partial charge >= 0.3 is 0 Å². The molecular weight excluding hydrogens is 272 g/mol. The zero-order valence-electron chi connectivity index (χ0n) is 12.0. The molecule has 0 amide bonds. The molecular formula is C15H19ClN4. The molecule has 2 rings (SSSR count). The minimum Gasteiger partial charge on any atom is -0.370 e. The lowest BCUT2D eigenvalue weighted by Gasteiger charge is -2.14. The smallest absolute Gasteiger partial charge is 0.139 e. The number of anilines is 3. The van der Waals surface area contributed by atoms with E-state index in [9.17, 15) is 0 Å². The molecule has 5 heteroatoms. The molecule has 0 saturated carbocycles. The van der Waals surface area contributed by atoms with Crippen LogP contribution in [-0.2, 0) is 6.42 Å². The second-order valence-electron chi connectivity index (χ2n) is 4.52. The van der Waals surface area contributed by atoms with Crippen molar-refractivity contribution in [3.8, 4) is 0 Å². The second kappa shape index (κ2) is 6.57. The van der Waals surface area contributed by atoms with E-state index in [4.69, 9.17) is 11.6 Å². The highest BCUT2D eigenvalue weighted by Gasteiger charge is 2.09. The van der Waals surface area contributed by atoms with E-state index in [-0.39, 0.29) is 0 Å². The van der Waals surface area contributed by atoms with Crippen LogP contribution < -0.4 is 10.6 Å². The molecule has 0 spiro atoms. The SMILES string of the molecule is CCNc1ncnc(Nc2ccc(C)c(Cl)c2)c1CC. The summed E-state index contributed by atoms with van der Waals surface area (Å²) in [7, 11) is 0. The van der Waals surface area contributed by atoms with Crippen molar-refractivity contribution in [1.82, 2.24) is 9.97 Å². The first-order chi connectivity index (χ1) is 9.65. The van der Waals surface area contributed by atoms with Crippen molar-refractivity contribution in [2.24, 2.45) is 0 Å². The van der Waals surface area contributed by atoms with Crippen molar-refractivity contribution in [3.05, 3.63) is 40.7 Å². The van der Waals surface area contributed by atoms with E-state index in [1.165, 1.54) is 0 Å². The third kappa shape index (κ3) is 3.20. The lowest BCUT2D eigenvalue weighted by atomic mass is 10.2. The molecule has 4 nitrogen and oxygen atoms in total. The van der Waals surface area contributed by atoms with E-state index in [0.29, 0.717) is 0 Å². The monoisotopic (exact) mass is 290 g/mol. The van der Waals surface area contributed by atoms with Crippen LogP contribution in [0.3, 0.4) is 0 Å². The van der Waals surface area contributed by atoms with Gasteiger partial charge in [-0.15, -0.1) is 0 Å². The Labute approximate surface area is 124 Å². The molecule has 20 heavy (non-hydrogen) atoms. The molecule has 2 aromatic rings. The molecule has 0 fully saturated rings. The Kier molecular flexibility index (Phi) is 4.79. The first-order valence-corrected chi connectivity index (χ1v) is 7.14. The van der Waals surface area contributed by atoms with Gasteiger partial charge in [0.1, 0.15) is 18.0 Å². The predicted molar refractivity (Wildman–Crippen MR) is 85.0 cm³/mol. The number of nitrogens with zero attached hydrogens (tertiary/aromatic N) is 2. The van der Waals surface area contributed by atoms with Crippen molar-refractivity contribution < 1.29 is 0 Å². The quantitative estimate of drug-likeness (QED) is 0.867. The normalized spacial score (nSPS) is 10.4. The van der Waals surface area contributed by atoms with Gasteiger partial charge in [-0.3, -0.25) is 0 Å². The van der Waals surface area contributed by atoms with E-state index in [2.05, 4.69) is 27.5 Å². The van der Waals surface area contributed by atoms with Crippen LogP contribution in [-0.4, -0.2) is 16.5 Å².